The van der Waals surface area contributed by atoms with Gasteiger partial charge in [0.25, 0.3) is 0 Å². The van der Waals surface area contributed by atoms with Crippen molar-refractivity contribution in [2.45, 2.75) is 13.8 Å². The quantitative estimate of drug-likeness (QED) is 0.748. The fraction of sp³-hybridized carbons (Fsp3) is 0.364. The molecular formula is C11H15NO2. The van der Waals surface area contributed by atoms with Crippen molar-refractivity contribution in [3.8, 4) is 5.75 Å². The van der Waals surface area contributed by atoms with Gasteiger partial charge in [-0.3, -0.25) is 4.79 Å². The lowest BCUT2D eigenvalue weighted by molar-refractivity contribution is 0.101. The number of methoxy groups -OCH3 is 1. The lowest BCUT2D eigenvalue weighted by Crippen LogP contribution is -2.03. The molecule has 0 atom stereocenters. The zero-order chi connectivity index (χ0) is 10.7. The van der Waals surface area contributed by atoms with Crippen LogP contribution in [0.3, 0.4) is 0 Å². The molecule has 0 heterocycles. The van der Waals surface area contributed by atoms with E-state index in [0.29, 0.717) is 5.56 Å². The summed E-state index contributed by atoms with van der Waals surface area (Å²) in [5, 5.41) is 3.02. The van der Waals surface area contributed by atoms with E-state index in [9.17, 15) is 4.79 Å². The number of Topliss-reactive ketones (excluding diaryl/α,β-unsaturated/α-hetero) is 1. The predicted molar refractivity (Wildman–Crippen MR) is 57.3 cm³/mol. The molecule has 3 heteroatoms. The molecule has 0 aliphatic carbocycles. The minimum atomic E-state index is 0.0557. The lowest BCUT2D eigenvalue weighted by Gasteiger charge is -2.13. The Labute approximate surface area is 84.1 Å². The van der Waals surface area contributed by atoms with E-state index in [4.69, 9.17) is 4.74 Å². The van der Waals surface area contributed by atoms with Crippen molar-refractivity contribution in [3.05, 3.63) is 23.3 Å². The molecule has 0 amide bonds. The molecule has 0 bridgehead atoms. The minimum Gasteiger partial charge on any atom is -0.496 e. The molecule has 0 unspecified atom stereocenters. The van der Waals surface area contributed by atoms with Gasteiger partial charge >= 0.3 is 0 Å². The molecule has 0 aliphatic heterocycles. The van der Waals surface area contributed by atoms with E-state index in [2.05, 4.69) is 5.32 Å². The van der Waals surface area contributed by atoms with Crippen LogP contribution >= 0.6 is 0 Å². The summed E-state index contributed by atoms with van der Waals surface area (Å²) in [6, 6.07) is 3.59. The molecule has 0 spiro atoms. The molecule has 1 aromatic carbocycles. The summed E-state index contributed by atoms with van der Waals surface area (Å²) in [5.41, 5.74) is 2.50. The number of ether oxygens (including phenoxy) is 1. The second-order valence-corrected chi connectivity index (χ2v) is 3.12. The number of ketones is 1. The number of carbonyl (C=O) groups is 1. The Bertz CT molecular complexity index is 359. The van der Waals surface area contributed by atoms with Crippen LogP contribution in [-0.2, 0) is 0 Å². The molecular weight excluding hydrogens is 178 g/mol. The van der Waals surface area contributed by atoms with Gasteiger partial charge in [-0.1, -0.05) is 0 Å². The Morgan fingerprint density at radius 3 is 2.50 bits per heavy atom. The highest BCUT2D eigenvalue weighted by molar-refractivity contribution is 6.00. The van der Waals surface area contributed by atoms with E-state index < -0.39 is 0 Å². The van der Waals surface area contributed by atoms with E-state index in [-0.39, 0.29) is 5.78 Å². The maximum Gasteiger partial charge on any atom is 0.161 e. The molecule has 0 aromatic heterocycles. The van der Waals surface area contributed by atoms with Crippen LogP contribution in [0.1, 0.15) is 22.8 Å². The molecule has 3 nitrogen and oxygen atoms in total. The number of rotatable bonds is 3. The standard InChI is InChI=1S/C11H15NO2/c1-7-10(14-4)6-5-9(8(2)13)11(7)12-3/h5-6,12H,1-4H3. The molecule has 1 aromatic rings. The van der Waals surface area contributed by atoms with E-state index in [0.717, 1.165) is 17.0 Å². The highest BCUT2D eigenvalue weighted by atomic mass is 16.5. The topological polar surface area (TPSA) is 38.3 Å². The number of anilines is 1. The SMILES string of the molecule is CNc1c(C(C)=O)ccc(OC)c1C. The van der Waals surface area contributed by atoms with Gasteiger partial charge in [-0.2, -0.15) is 0 Å². The van der Waals surface area contributed by atoms with Crippen molar-refractivity contribution >= 4 is 11.5 Å². The number of benzene rings is 1. The third kappa shape index (κ3) is 1.71. The summed E-state index contributed by atoms with van der Waals surface area (Å²) in [7, 11) is 3.42. The van der Waals surface area contributed by atoms with Gasteiger partial charge in [0.05, 0.1) is 12.8 Å². The van der Waals surface area contributed by atoms with Crippen molar-refractivity contribution < 1.29 is 9.53 Å². The summed E-state index contributed by atoms with van der Waals surface area (Å²) < 4.78 is 5.17. The van der Waals surface area contributed by atoms with Crippen molar-refractivity contribution in [1.82, 2.24) is 0 Å². The smallest absolute Gasteiger partial charge is 0.161 e. The number of hydrogen-bond acceptors (Lipinski definition) is 3. The van der Waals surface area contributed by atoms with Crippen LogP contribution < -0.4 is 10.1 Å². The fourth-order valence-electron chi connectivity index (χ4n) is 1.53. The molecule has 0 fully saturated rings. The van der Waals surface area contributed by atoms with Crippen LogP contribution in [0.15, 0.2) is 12.1 Å². The molecule has 0 aliphatic rings. The van der Waals surface area contributed by atoms with Gasteiger partial charge in [-0.05, 0) is 26.0 Å². The molecule has 0 saturated heterocycles. The van der Waals surface area contributed by atoms with Crippen molar-refractivity contribution in [3.63, 3.8) is 0 Å². The monoisotopic (exact) mass is 193 g/mol. The van der Waals surface area contributed by atoms with Crippen molar-refractivity contribution in [2.24, 2.45) is 0 Å². The van der Waals surface area contributed by atoms with Gasteiger partial charge < -0.3 is 10.1 Å². The zero-order valence-electron chi connectivity index (χ0n) is 8.97. The first-order chi connectivity index (χ1) is 6.61. The number of hydrogen-bond donors (Lipinski definition) is 1. The van der Waals surface area contributed by atoms with E-state index in [1.165, 1.54) is 0 Å². The second kappa shape index (κ2) is 4.13. The molecule has 76 valence electrons. The molecule has 0 saturated carbocycles. The van der Waals surface area contributed by atoms with Crippen LogP contribution in [0, 0.1) is 6.92 Å². The summed E-state index contributed by atoms with van der Waals surface area (Å²) in [6.45, 7) is 3.49. The van der Waals surface area contributed by atoms with Crippen LogP contribution in [0.4, 0.5) is 5.69 Å². The predicted octanol–water partition coefficient (Wildman–Crippen LogP) is 2.25. The van der Waals surface area contributed by atoms with Gasteiger partial charge in [0.15, 0.2) is 5.78 Å². The summed E-state index contributed by atoms with van der Waals surface area (Å²) in [4.78, 5) is 11.3. The molecule has 0 radical (unpaired) electrons. The molecule has 1 rings (SSSR count). The Hall–Kier alpha value is -1.51. The summed E-state index contributed by atoms with van der Waals surface area (Å²) in [6.07, 6.45) is 0. The Kier molecular flexibility index (Phi) is 3.12. The van der Waals surface area contributed by atoms with E-state index >= 15 is 0 Å². The first kappa shape index (κ1) is 10.6. The fourth-order valence-corrected chi connectivity index (χ4v) is 1.53. The van der Waals surface area contributed by atoms with Gasteiger partial charge in [0.2, 0.25) is 0 Å². The largest absolute Gasteiger partial charge is 0.496 e. The van der Waals surface area contributed by atoms with Crippen LogP contribution in [0.5, 0.6) is 5.75 Å². The van der Waals surface area contributed by atoms with Gasteiger partial charge in [0.1, 0.15) is 5.75 Å². The van der Waals surface area contributed by atoms with Crippen LogP contribution in [0.2, 0.25) is 0 Å². The Morgan fingerprint density at radius 2 is 2.07 bits per heavy atom. The van der Waals surface area contributed by atoms with E-state index in [1.807, 2.05) is 13.0 Å². The third-order valence-electron chi connectivity index (χ3n) is 2.26. The first-order valence-electron chi connectivity index (χ1n) is 4.48. The van der Waals surface area contributed by atoms with Crippen LogP contribution in [-0.4, -0.2) is 19.9 Å². The van der Waals surface area contributed by atoms with Crippen molar-refractivity contribution in [2.75, 3.05) is 19.5 Å². The average molecular weight is 193 g/mol. The van der Waals surface area contributed by atoms with Crippen molar-refractivity contribution in [1.29, 1.82) is 0 Å². The van der Waals surface area contributed by atoms with Crippen LogP contribution in [0.25, 0.3) is 0 Å². The maximum absolute atomic E-state index is 11.3. The first-order valence-corrected chi connectivity index (χ1v) is 4.48. The van der Waals surface area contributed by atoms with Gasteiger partial charge in [0, 0.05) is 18.2 Å². The Balaban J connectivity index is 3.35. The summed E-state index contributed by atoms with van der Waals surface area (Å²) >= 11 is 0. The highest BCUT2D eigenvalue weighted by Gasteiger charge is 2.11. The number of nitrogens with one attached hydrogen (secondary N) is 1. The summed E-state index contributed by atoms with van der Waals surface area (Å²) in [5.74, 6) is 0.847. The van der Waals surface area contributed by atoms with Gasteiger partial charge in [-0.15, -0.1) is 0 Å². The zero-order valence-corrected chi connectivity index (χ0v) is 8.97. The third-order valence-corrected chi connectivity index (χ3v) is 2.26. The lowest BCUT2D eigenvalue weighted by atomic mass is 10.0. The Morgan fingerprint density at radius 1 is 1.43 bits per heavy atom. The van der Waals surface area contributed by atoms with Gasteiger partial charge in [-0.25, -0.2) is 0 Å². The minimum absolute atomic E-state index is 0.0557. The maximum atomic E-state index is 11.3. The normalized spacial score (nSPS) is 9.71. The average Bonchev–Trinajstić information content (AvgIpc) is 2.17. The highest BCUT2D eigenvalue weighted by Crippen LogP contribution is 2.29. The molecule has 14 heavy (non-hydrogen) atoms. The molecule has 1 N–H and O–H groups in total. The van der Waals surface area contributed by atoms with E-state index in [1.54, 1.807) is 27.1 Å². The number of carbonyl (C=O) groups excluding carboxylic acids is 1. The second-order valence-electron chi connectivity index (χ2n) is 3.12.